The molecule has 11 heteroatoms. The number of phosphoric acid groups is 1. The van der Waals surface area contributed by atoms with Crippen LogP contribution in [0.3, 0.4) is 0 Å². The van der Waals surface area contributed by atoms with E-state index < -0.39 is 7.82 Å². The lowest BCUT2D eigenvalue weighted by Crippen LogP contribution is -2.26. The van der Waals surface area contributed by atoms with E-state index in [-0.39, 0.29) is 16.2 Å². The number of hydroxylamine groups is 3. The first-order valence-electron chi connectivity index (χ1n) is 16.0. The van der Waals surface area contributed by atoms with E-state index in [1.54, 1.807) is 0 Å². The molecule has 260 valence electrons. The average molecular weight is 727 g/mol. The molecule has 0 heterocycles. The third-order valence-corrected chi connectivity index (χ3v) is 9.89. The molecule has 0 saturated carbocycles. The first-order valence-corrected chi connectivity index (χ1v) is 18.6. The minimum absolute atomic E-state index is 0.00667. The van der Waals surface area contributed by atoms with Crippen molar-refractivity contribution in [2.75, 3.05) is 19.6 Å². The normalized spacial score (nSPS) is 12.9. The smallest absolute Gasteiger partial charge is 0.223 e. The third kappa shape index (κ3) is 12.7. The van der Waals surface area contributed by atoms with Gasteiger partial charge in [0, 0.05) is 34.7 Å². The second-order valence-corrected chi connectivity index (χ2v) is 17.5. The summed E-state index contributed by atoms with van der Waals surface area (Å²) in [5.74, 6) is 0. The van der Waals surface area contributed by atoms with Crippen LogP contribution in [0.2, 0.25) is 15.1 Å². The van der Waals surface area contributed by atoms with E-state index in [9.17, 15) is 4.57 Å². The quantitative estimate of drug-likeness (QED) is 0.0817. The van der Waals surface area contributed by atoms with Gasteiger partial charge in [-0.2, -0.15) is 30.3 Å². The molecule has 0 aliphatic carbocycles. The molecule has 3 aromatic rings. The highest BCUT2D eigenvalue weighted by molar-refractivity contribution is 7.48. The Morgan fingerprint density at radius 2 is 0.766 bits per heavy atom. The highest BCUT2D eigenvalue weighted by atomic mass is 35.5. The highest BCUT2D eigenvalue weighted by Gasteiger charge is 2.29. The van der Waals surface area contributed by atoms with Crippen LogP contribution in [0.5, 0.6) is 0 Å². The third-order valence-electron chi connectivity index (χ3n) is 7.78. The number of halogens is 3. The number of benzene rings is 3. The predicted octanol–water partition coefficient (Wildman–Crippen LogP) is 10.2. The van der Waals surface area contributed by atoms with Crippen molar-refractivity contribution in [1.29, 1.82) is 0 Å². The van der Waals surface area contributed by atoms with Crippen LogP contribution in [-0.4, -0.2) is 19.6 Å². The molecular weight excluding hydrogens is 676 g/mol. The largest absolute Gasteiger partial charge is 0.524 e. The summed E-state index contributed by atoms with van der Waals surface area (Å²) in [5, 5.41) is 2.00. The molecule has 0 atom stereocenters. The maximum atomic E-state index is 13.6. The molecule has 47 heavy (non-hydrogen) atoms. The summed E-state index contributed by atoms with van der Waals surface area (Å²) in [5.41, 5.74) is 14.4. The lowest BCUT2D eigenvalue weighted by atomic mass is 9.86. The molecule has 3 aromatic carbocycles. The summed E-state index contributed by atoms with van der Waals surface area (Å²) >= 11 is 19.6. The lowest BCUT2D eigenvalue weighted by molar-refractivity contribution is 0.0169. The van der Waals surface area contributed by atoms with E-state index in [1.165, 1.54) is 0 Å². The van der Waals surface area contributed by atoms with Crippen LogP contribution in [-0.2, 0) is 53.9 Å². The van der Waals surface area contributed by atoms with Crippen molar-refractivity contribution >= 4 is 42.6 Å². The zero-order valence-corrected chi connectivity index (χ0v) is 32.3. The molecule has 0 spiro atoms. The molecular formula is C36H51Cl3N3O4P. The zero-order valence-electron chi connectivity index (χ0n) is 29.2. The summed E-state index contributed by atoms with van der Waals surface area (Å²) in [7, 11) is -4.14. The second kappa shape index (κ2) is 17.0. The van der Waals surface area contributed by atoms with Crippen LogP contribution in [0.4, 0.5) is 0 Å². The van der Waals surface area contributed by atoms with Crippen LogP contribution in [0.1, 0.15) is 95.7 Å². The van der Waals surface area contributed by atoms with E-state index in [0.717, 1.165) is 33.4 Å². The van der Waals surface area contributed by atoms with Gasteiger partial charge in [-0.15, -0.1) is 0 Å². The molecule has 3 rings (SSSR count). The molecule has 0 aliphatic rings. The first-order chi connectivity index (χ1) is 21.8. The number of hydrogen-bond donors (Lipinski definition) is 3. The van der Waals surface area contributed by atoms with Crippen molar-refractivity contribution < 1.29 is 18.4 Å². The number of hydrogen-bond acceptors (Lipinski definition) is 7. The minimum atomic E-state index is -4.14. The van der Waals surface area contributed by atoms with E-state index in [0.29, 0.717) is 54.0 Å². The Balaban J connectivity index is 1.58. The summed E-state index contributed by atoms with van der Waals surface area (Å²) in [6.45, 7) is 20.2. The van der Waals surface area contributed by atoms with Crippen LogP contribution in [0.15, 0.2) is 54.6 Å². The average Bonchev–Trinajstić information content (AvgIpc) is 2.96. The van der Waals surface area contributed by atoms with Gasteiger partial charge in [0.05, 0.1) is 0 Å². The van der Waals surface area contributed by atoms with Crippen molar-refractivity contribution in [2.45, 2.75) is 97.8 Å². The SMILES string of the molecule is CC(C)(C)c1ccc(CCNOP(=O)(ONCCc2ccc(C(C)(C)C)cc2Cl)ONCCc2ccc(C(C)(C)C)cc2Cl)c(Cl)c1. The van der Waals surface area contributed by atoms with Crippen LogP contribution >= 0.6 is 42.6 Å². The van der Waals surface area contributed by atoms with Gasteiger partial charge in [-0.1, -0.05) is 134 Å². The topological polar surface area (TPSA) is 80.9 Å². The Morgan fingerprint density at radius 1 is 0.511 bits per heavy atom. The Kier molecular flexibility index (Phi) is 14.4. The van der Waals surface area contributed by atoms with E-state index in [1.807, 2.05) is 36.4 Å². The fraction of sp³-hybridized carbons (Fsp3) is 0.500. The van der Waals surface area contributed by atoms with E-state index in [4.69, 9.17) is 48.7 Å². The Labute approximate surface area is 296 Å². The molecule has 0 aliphatic heterocycles. The highest BCUT2D eigenvalue weighted by Crippen LogP contribution is 2.46. The predicted molar refractivity (Wildman–Crippen MR) is 196 cm³/mol. The van der Waals surface area contributed by atoms with Crippen molar-refractivity contribution in [3.63, 3.8) is 0 Å². The Morgan fingerprint density at radius 3 is 0.979 bits per heavy atom. The van der Waals surface area contributed by atoms with Crippen LogP contribution in [0.25, 0.3) is 0 Å². The van der Waals surface area contributed by atoms with Crippen molar-refractivity contribution in [1.82, 2.24) is 16.4 Å². The molecule has 0 aromatic heterocycles. The zero-order chi connectivity index (χ0) is 35.0. The second-order valence-electron chi connectivity index (χ2n) is 14.8. The summed E-state index contributed by atoms with van der Waals surface area (Å²) in [4.78, 5) is 0. The van der Waals surface area contributed by atoms with E-state index in [2.05, 4.69) is 97.0 Å². The lowest BCUT2D eigenvalue weighted by Gasteiger charge is -2.21. The van der Waals surface area contributed by atoms with Gasteiger partial charge in [0.2, 0.25) is 0 Å². The Hall–Kier alpha value is -1.48. The van der Waals surface area contributed by atoms with Crippen molar-refractivity contribution in [3.8, 4) is 0 Å². The molecule has 0 radical (unpaired) electrons. The van der Waals surface area contributed by atoms with Gasteiger partial charge in [0.1, 0.15) is 0 Å². The monoisotopic (exact) mass is 725 g/mol. The minimum Gasteiger partial charge on any atom is -0.223 e. The summed E-state index contributed by atoms with van der Waals surface area (Å²) in [6.07, 6.45) is 1.61. The Bertz CT molecular complexity index is 1350. The number of rotatable bonds is 15. The molecule has 0 bridgehead atoms. The molecule has 0 amide bonds. The van der Waals surface area contributed by atoms with Gasteiger partial charge in [0.25, 0.3) is 0 Å². The summed E-state index contributed by atoms with van der Waals surface area (Å²) < 4.78 is 30.0. The van der Waals surface area contributed by atoms with Gasteiger partial charge < -0.3 is 0 Å². The number of nitrogens with one attached hydrogen (secondary N) is 3. The van der Waals surface area contributed by atoms with Gasteiger partial charge in [-0.25, -0.2) is 4.57 Å². The molecule has 7 nitrogen and oxygen atoms in total. The molecule has 0 saturated heterocycles. The molecule has 0 fully saturated rings. The molecule has 3 N–H and O–H groups in total. The van der Waals surface area contributed by atoms with E-state index >= 15 is 0 Å². The van der Waals surface area contributed by atoms with Gasteiger partial charge in [0.15, 0.2) is 0 Å². The fourth-order valence-electron chi connectivity index (χ4n) is 4.64. The van der Waals surface area contributed by atoms with Gasteiger partial charge in [-0.05, 0) is 87.1 Å². The molecule has 0 unspecified atom stereocenters. The fourth-order valence-corrected chi connectivity index (χ4v) is 6.32. The summed E-state index contributed by atoms with van der Waals surface area (Å²) in [6, 6.07) is 18.1. The van der Waals surface area contributed by atoms with Crippen molar-refractivity contribution in [3.05, 3.63) is 103 Å². The standard InChI is InChI=1S/C36H51Cl3N3O4P/c1-34(2,3)28-13-10-25(31(37)22-28)16-19-40-44-47(43,45-41-20-17-26-11-14-29(23-32(26)38)35(4,5)6)46-42-21-18-27-12-15-30(24-33(27)39)36(7,8)9/h10-15,22-24,40-42H,16-21H2,1-9H3. The van der Waals surface area contributed by atoms with Gasteiger partial charge in [-0.3, -0.25) is 0 Å². The van der Waals surface area contributed by atoms with Crippen molar-refractivity contribution in [2.24, 2.45) is 0 Å². The first kappa shape index (κ1) is 40.0. The van der Waals surface area contributed by atoms with Gasteiger partial charge >= 0.3 is 7.82 Å². The maximum absolute atomic E-state index is 13.6. The van der Waals surface area contributed by atoms with Crippen LogP contribution in [0, 0.1) is 0 Å². The van der Waals surface area contributed by atoms with Crippen LogP contribution < -0.4 is 16.4 Å². The maximum Gasteiger partial charge on any atom is 0.524 e.